The predicted octanol–water partition coefficient (Wildman–Crippen LogP) is 3.13. The molecule has 0 aliphatic heterocycles. The number of halogens is 2. The standard InChI is InChI=1S/C13H11F2NO/c14-10-6-11(15)13(16)12(7-10)17-8-9-4-2-1-3-5-9/h1-7H,8,16H2. The monoisotopic (exact) mass is 235 g/mol. The molecule has 0 heterocycles. The maximum atomic E-state index is 13.1. The van der Waals surface area contributed by atoms with Gasteiger partial charge in [0.25, 0.3) is 0 Å². The molecule has 0 saturated carbocycles. The zero-order valence-corrected chi connectivity index (χ0v) is 8.99. The summed E-state index contributed by atoms with van der Waals surface area (Å²) in [5, 5.41) is 0. The molecule has 2 nitrogen and oxygen atoms in total. The van der Waals surface area contributed by atoms with Crippen LogP contribution in [-0.2, 0) is 6.61 Å². The van der Waals surface area contributed by atoms with Crippen LogP contribution < -0.4 is 10.5 Å². The first-order chi connectivity index (χ1) is 8.16. The average molecular weight is 235 g/mol. The minimum Gasteiger partial charge on any atom is -0.487 e. The predicted molar refractivity (Wildman–Crippen MR) is 61.5 cm³/mol. The normalized spacial score (nSPS) is 10.2. The molecule has 2 rings (SSSR count). The average Bonchev–Trinajstić information content (AvgIpc) is 2.33. The largest absolute Gasteiger partial charge is 0.487 e. The number of benzene rings is 2. The summed E-state index contributed by atoms with van der Waals surface area (Å²) in [5.41, 5.74) is 6.17. The number of hydrogen-bond donors (Lipinski definition) is 1. The van der Waals surface area contributed by atoms with Gasteiger partial charge in [0, 0.05) is 12.1 Å². The van der Waals surface area contributed by atoms with Crippen LogP contribution in [0.15, 0.2) is 42.5 Å². The first-order valence-corrected chi connectivity index (χ1v) is 5.08. The fourth-order valence-electron chi connectivity index (χ4n) is 1.42. The van der Waals surface area contributed by atoms with Crippen LogP contribution in [0.1, 0.15) is 5.56 Å². The van der Waals surface area contributed by atoms with Crippen molar-refractivity contribution in [1.82, 2.24) is 0 Å². The van der Waals surface area contributed by atoms with Gasteiger partial charge in [0.2, 0.25) is 0 Å². The molecule has 0 bridgehead atoms. The Bertz CT molecular complexity index is 514. The van der Waals surface area contributed by atoms with Gasteiger partial charge in [-0.3, -0.25) is 0 Å². The molecule has 88 valence electrons. The van der Waals surface area contributed by atoms with E-state index in [4.69, 9.17) is 10.5 Å². The number of anilines is 1. The summed E-state index contributed by atoms with van der Waals surface area (Å²) in [6.45, 7) is 0.216. The molecule has 0 radical (unpaired) electrons. The van der Waals surface area contributed by atoms with Crippen molar-refractivity contribution in [3.63, 3.8) is 0 Å². The van der Waals surface area contributed by atoms with Crippen molar-refractivity contribution in [3.05, 3.63) is 59.7 Å². The van der Waals surface area contributed by atoms with E-state index in [2.05, 4.69) is 0 Å². The van der Waals surface area contributed by atoms with Crippen molar-refractivity contribution in [1.29, 1.82) is 0 Å². The molecule has 0 aliphatic rings. The van der Waals surface area contributed by atoms with Gasteiger partial charge in [-0.2, -0.15) is 0 Å². The molecule has 17 heavy (non-hydrogen) atoms. The quantitative estimate of drug-likeness (QED) is 0.829. The molecule has 0 atom stereocenters. The Morgan fingerprint density at radius 2 is 1.76 bits per heavy atom. The van der Waals surface area contributed by atoms with E-state index in [1.54, 1.807) is 0 Å². The van der Waals surface area contributed by atoms with Crippen LogP contribution in [0.25, 0.3) is 0 Å². The summed E-state index contributed by atoms with van der Waals surface area (Å²) >= 11 is 0. The van der Waals surface area contributed by atoms with Gasteiger partial charge < -0.3 is 10.5 Å². The van der Waals surface area contributed by atoms with E-state index >= 15 is 0 Å². The first kappa shape index (κ1) is 11.4. The highest BCUT2D eigenvalue weighted by Crippen LogP contribution is 2.26. The molecule has 0 unspecified atom stereocenters. The number of hydrogen-bond acceptors (Lipinski definition) is 2. The molecule has 0 amide bonds. The van der Waals surface area contributed by atoms with Crippen LogP contribution in [0.4, 0.5) is 14.5 Å². The van der Waals surface area contributed by atoms with Gasteiger partial charge in [-0.05, 0) is 5.56 Å². The second-order valence-electron chi connectivity index (χ2n) is 3.57. The smallest absolute Gasteiger partial charge is 0.152 e. The third-order valence-corrected chi connectivity index (χ3v) is 2.29. The van der Waals surface area contributed by atoms with Crippen LogP contribution in [0, 0.1) is 11.6 Å². The van der Waals surface area contributed by atoms with E-state index in [1.165, 1.54) is 0 Å². The summed E-state index contributed by atoms with van der Waals surface area (Å²) in [7, 11) is 0. The highest BCUT2D eigenvalue weighted by atomic mass is 19.1. The van der Waals surface area contributed by atoms with Gasteiger partial charge >= 0.3 is 0 Å². The lowest BCUT2D eigenvalue weighted by molar-refractivity contribution is 0.305. The third kappa shape index (κ3) is 2.72. The summed E-state index contributed by atoms with van der Waals surface area (Å²) in [4.78, 5) is 0. The molecule has 4 heteroatoms. The summed E-state index contributed by atoms with van der Waals surface area (Å²) in [6, 6.07) is 11.1. The highest BCUT2D eigenvalue weighted by molar-refractivity contribution is 5.53. The summed E-state index contributed by atoms with van der Waals surface area (Å²) in [6.07, 6.45) is 0. The van der Waals surface area contributed by atoms with Gasteiger partial charge in [0.05, 0.1) is 0 Å². The summed E-state index contributed by atoms with van der Waals surface area (Å²) < 4.78 is 31.4. The fourth-order valence-corrected chi connectivity index (χ4v) is 1.42. The van der Waals surface area contributed by atoms with Gasteiger partial charge in [-0.15, -0.1) is 0 Å². The van der Waals surface area contributed by atoms with Crippen molar-refractivity contribution >= 4 is 5.69 Å². The highest BCUT2D eigenvalue weighted by Gasteiger charge is 2.09. The van der Waals surface area contributed by atoms with Crippen LogP contribution in [0.5, 0.6) is 5.75 Å². The minimum absolute atomic E-state index is 0.0198. The number of nitrogens with two attached hydrogens (primary N) is 1. The van der Waals surface area contributed by atoms with E-state index in [1.807, 2.05) is 30.3 Å². The van der Waals surface area contributed by atoms with Crippen LogP contribution in [0.3, 0.4) is 0 Å². The zero-order valence-electron chi connectivity index (χ0n) is 8.99. The zero-order chi connectivity index (χ0) is 12.3. The second-order valence-corrected chi connectivity index (χ2v) is 3.57. The Labute approximate surface area is 97.6 Å². The third-order valence-electron chi connectivity index (χ3n) is 2.29. The van der Waals surface area contributed by atoms with Crippen LogP contribution >= 0.6 is 0 Å². The second kappa shape index (κ2) is 4.82. The van der Waals surface area contributed by atoms with Crippen molar-refractivity contribution in [2.45, 2.75) is 6.61 Å². The molecule has 2 aromatic rings. The van der Waals surface area contributed by atoms with E-state index in [0.717, 1.165) is 17.7 Å². The number of ether oxygens (including phenoxy) is 1. The van der Waals surface area contributed by atoms with Crippen LogP contribution in [0.2, 0.25) is 0 Å². The van der Waals surface area contributed by atoms with Gasteiger partial charge in [-0.25, -0.2) is 8.78 Å². The van der Waals surface area contributed by atoms with Crippen molar-refractivity contribution in [2.75, 3.05) is 5.73 Å². The Kier molecular flexibility index (Phi) is 3.23. The van der Waals surface area contributed by atoms with Gasteiger partial charge in [0.15, 0.2) is 5.82 Å². The van der Waals surface area contributed by atoms with E-state index in [0.29, 0.717) is 0 Å². The SMILES string of the molecule is Nc1c(F)cc(F)cc1OCc1ccccc1. The Balaban J connectivity index is 2.14. The van der Waals surface area contributed by atoms with E-state index in [9.17, 15) is 8.78 Å². The molecule has 0 aliphatic carbocycles. The number of rotatable bonds is 3. The van der Waals surface area contributed by atoms with Crippen LogP contribution in [-0.4, -0.2) is 0 Å². The van der Waals surface area contributed by atoms with E-state index < -0.39 is 11.6 Å². The van der Waals surface area contributed by atoms with E-state index in [-0.39, 0.29) is 18.0 Å². The molecule has 0 spiro atoms. The molecule has 0 fully saturated rings. The topological polar surface area (TPSA) is 35.2 Å². The minimum atomic E-state index is -0.812. The maximum Gasteiger partial charge on any atom is 0.152 e. The number of nitrogen functional groups attached to an aromatic ring is 1. The van der Waals surface area contributed by atoms with Gasteiger partial charge in [0.1, 0.15) is 23.9 Å². The van der Waals surface area contributed by atoms with Crippen molar-refractivity contribution in [3.8, 4) is 5.75 Å². The maximum absolute atomic E-state index is 13.1. The van der Waals surface area contributed by atoms with Gasteiger partial charge in [-0.1, -0.05) is 30.3 Å². The Morgan fingerprint density at radius 3 is 2.47 bits per heavy atom. The Hall–Kier alpha value is -2.10. The lowest BCUT2D eigenvalue weighted by Gasteiger charge is -2.09. The van der Waals surface area contributed by atoms with Crippen molar-refractivity contribution < 1.29 is 13.5 Å². The molecular formula is C13H11F2NO. The lowest BCUT2D eigenvalue weighted by atomic mass is 10.2. The molecule has 0 saturated heterocycles. The first-order valence-electron chi connectivity index (χ1n) is 5.08. The fraction of sp³-hybridized carbons (Fsp3) is 0.0769. The molecule has 0 aromatic heterocycles. The molecular weight excluding hydrogens is 224 g/mol. The summed E-state index contributed by atoms with van der Waals surface area (Å²) in [5.74, 6) is -1.50. The molecule has 2 N–H and O–H groups in total. The molecule has 2 aromatic carbocycles. The lowest BCUT2D eigenvalue weighted by Crippen LogP contribution is -2.01. The Morgan fingerprint density at radius 1 is 1.06 bits per heavy atom. The van der Waals surface area contributed by atoms with Crippen molar-refractivity contribution in [2.24, 2.45) is 0 Å².